The number of aliphatic hydroxyl groups excluding tert-OH is 2. The van der Waals surface area contributed by atoms with Crippen LogP contribution in [0.5, 0.6) is 0 Å². The molecule has 1 aliphatic carbocycles. The SMILES string of the molecule is CCCCCC(O)/C=C/C1C=CC(=O)C1C(O)CCCCCC(=O)O. The lowest BCUT2D eigenvalue weighted by Crippen LogP contribution is -2.29. The minimum atomic E-state index is -0.807. The van der Waals surface area contributed by atoms with Crippen LogP contribution in [0.25, 0.3) is 0 Å². The van der Waals surface area contributed by atoms with Gasteiger partial charge in [-0.25, -0.2) is 0 Å². The molecule has 0 spiro atoms. The van der Waals surface area contributed by atoms with Gasteiger partial charge in [0.15, 0.2) is 5.78 Å². The van der Waals surface area contributed by atoms with Crippen LogP contribution >= 0.6 is 0 Å². The van der Waals surface area contributed by atoms with E-state index in [2.05, 4.69) is 6.92 Å². The Hall–Kier alpha value is -1.46. The van der Waals surface area contributed by atoms with Crippen molar-refractivity contribution in [1.82, 2.24) is 0 Å². The molecule has 0 aromatic heterocycles. The minimum Gasteiger partial charge on any atom is -0.481 e. The Kier molecular flexibility index (Phi) is 10.3. The van der Waals surface area contributed by atoms with Crippen molar-refractivity contribution >= 4 is 11.8 Å². The fourth-order valence-electron chi connectivity index (χ4n) is 3.20. The third-order valence-electron chi connectivity index (χ3n) is 4.69. The molecule has 0 heterocycles. The number of carbonyl (C=O) groups is 2. The Balaban J connectivity index is 2.42. The van der Waals surface area contributed by atoms with Crippen LogP contribution in [0.2, 0.25) is 0 Å². The van der Waals surface area contributed by atoms with Gasteiger partial charge < -0.3 is 15.3 Å². The number of ketones is 1. The van der Waals surface area contributed by atoms with Crippen molar-refractivity contribution in [2.45, 2.75) is 76.9 Å². The molecule has 142 valence electrons. The van der Waals surface area contributed by atoms with Gasteiger partial charge in [0.25, 0.3) is 0 Å². The number of carboxylic acids is 1. The normalized spacial score (nSPS) is 22.6. The predicted molar refractivity (Wildman–Crippen MR) is 97.1 cm³/mol. The first kappa shape index (κ1) is 21.6. The zero-order valence-corrected chi connectivity index (χ0v) is 15.1. The first-order chi connectivity index (χ1) is 12.0. The Morgan fingerprint density at radius 1 is 1.16 bits per heavy atom. The van der Waals surface area contributed by atoms with Gasteiger partial charge in [-0.15, -0.1) is 0 Å². The van der Waals surface area contributed by atoms with Crippen LogP contribution in [-0.4, -0.2) is 39.3 Å². The average molecular weight is 352 g/mol. The molecule has 0 aliphatic heterocycles. The van der Waals surface area contributed by atoms with Gasteiger partial charge in [0.1, 0.15) is 0 Å². The van der Waals surface area contributed by atoms with Crippen molar-refractivity contribution in [3.05, 3.63) is 24.3 Å². The summed E-state index contributed by atoms with van der Waals surface area (Å²) in [6, 6.07) is 0. The highest BCUT2D eigenvalue weighted by atomic mass is 16.4. The molecule has 0 saturated carbocycles. The molecule has 5 heteroatoms. The molecule has 0 fully saturated rings. The van der Waals surface area contributed by atoms with Crippen molar-refractivity contribution in [1.29, 1.82) is 0 Å². The fraction of sp³-hybridized carbons (Fsp3) is 0.700. The number of rotatable bonds is 13. The second kappa shape index (κ2) is 12.0. The molecule has 4 atom stereocenters. The smallest absolute Gasteiger partial charge is 0.303 e. The lowest BCUT2D eigenvalue weighted by molar-refractivity contribution is -0.137. The molecular formula is C20H32O5. The van der Waals surface area contributed by atoms with Gasteiger partial charge in [0.2, 0.25) is 0 Å². The maximum Gasteiger partial charge on any atom is 0.303 e. The zero-order valence-electron chi connectivity index (χ0n) is 15.1. The van der Waals surface area contributed by atoms with E-state index >= 15 is 0 Å². The topological polar surface area (TPSA) is 94.8 Å². The van der Waals surface area contributed by atoms with Gasteiger partial charge >= 0.3 is 5.97 Å². The lowest BCUT2D eigenvalue weighted by atomic mass is 9.86. The summed E-state index contributed by atoms with van der Waals surface area (Å²) in [6.07, 6.45) is 12.2. The van der Waals surface area contributed by atoms with Crippen molar-refractivity contribution < 1.29 is 24.9 Å². The highest BCUT2D eigenvalue weighted by Crippen LogP contribution is 2.29. The summed E-state index contributed by atoms with van der Waals surface area (Å²) in [6.45, 7) is 2.12. The van der Waals surface area contributed by atoms with Gasteiger partial charge in [-0.1, -0.05) is 57.3 Å². The molecule has 0 aromatic rings. The van der Waals surface area contributed by atoms with Crippen LogP contribution in [0.3, 0.4) is 0 Å². The van der Waals surface area contributed by atoms with Gasteiger partial charge in [0, 0.05) is 12.3 Å². The highest BCUT2D eigenvalue weighted by molar-refractivity contribution is 5.95. The maximum absolute atomic E-state index is 12.0. The molecule has 1 aliphatic rings. The summed E-state index contributed by atoms with van der Waals surface area (Å²) in [5.74, 6) is -1.55. The van der Waals surface area contributed by atoms with Crippen LogP contribution in [0, 0.1) is 11.8 Å². The van der Waals surface area contributed by atoms with Gasteiger partial charge in [-0.3, -0.25) is 9.59 Å². The second-order valence-corrected chi connectivity index (χ2v) is 6.87. The third kappa shape index (κ3) is 8.45. The number of unbranched alkanes of at least 4 members (excludes halogenated alkanes) is 4. The van der Waals surface area contributed by atoms with Crippen molar-refractivity contribution in [3.8, 4) is 0 Å². The largest absolute Gasteiger partial charge is 0.481 e. The monoisotopic (exact) mass is 352 g/mol. The van der Waals surface area contributed by atoms with Crippen molar-refractivity contribution in [2.75, 3.05) is 0 Å². The standard InChI is InChI=1S/C20H32O5/c1-2-3-5-8-16(21)13-11-15-12-14-18(23)20(15)17(22)9-6-4-7-10-19(24)25/h11-17,20-22H,2-10H2,1H3,(H,24,25)/b13-11+. The molecule has 0 bridgehead atoms. The highest BCUT2D eigenvalue weighted by Gasteiger charge is 2.34. The Morgan fingerprint density at radius 2 is 1.88 bits per heavy atom. The summed E-state index contributed by atoms with van der Waals surface area (Å²) in [5.41, 5.74) is 0. The van der Waals surface area contributed by atoms with E-state index in [0.717, 1.165) is 25.7 Å². The van der Waals surface area contributed by atoms with Gasteiger partial charge in [0.05, 0.1) is 18.1 Å². The van der Waals surface area contributed by atoms with Crippen LogP contribution < -0.4 is 0 Å². The third-order valence-corrected chi connectivity index (χ3v) is 4.69. The summed E-state index contributed by atoms with van der Waals surface area (Å²) in [5, 5.41) is 28.9. The van der Waals surface area contributed by atoms with Crippen molar-refractivity contribution in [3.63, 3.8) is 0 Å². The summed E-state index contributed by atoms with van der Waals surface area (Å²) in [4.78, 5) is 22.5. The maximum atomic E-state index is 12.0. The number of aliphatic hydroxyl groups is 2. The predicted octanol–water partition coefficient (Wildman–Crippen LogP) is 3.25. The summed E-state index contributed by atoms with van der Waals surface area (Å²) >= 11 is 0. The first-order valence-corrected chi connectivity index (χ1v) is 9.44. The van der Waals surface area contributed by atoms with Crippen molar-refractivity contribution in [2.24, 2.45) is 11.8 Å². The lowest BCUT2D eigenvalue weighted by Gasteiger charge is -2.21. The second-order valence-electron chi connectivity index (χ2n) is 6.87. The van der Waals surface area contributed by atoms with Gasteiger partial charge in [-0.2, -0.15) is 0 Å². The van der Waals surface area contributed by atoms with E-state index in [1.807, 2.05) is 6.08 Å². The quantitative estimate of drug-likeness (QED) is 0.349. The van der Waals surface area contributed by atoms with E-state index in [1.54, 1.807) is 12.2 Å². The van der Waals surface area contributed by atoms with E-state index in [-0.39, 0.29) is 18.1 Å². The molecule has 4 unspecified atom stereocenters. The van der Waals surface area contributed by atoms with E-state index in [4.69, 9.17) is 5.11 Å². The van der Waals surface area contributed by atoms with E-state index in [0.29, 0.717) is 25.7 Å². The first-order valence-electron chi connectivity index (χ1n) is 9.44. The number of hydrogen-bond donors (Lipinski definition) is 3. The number of carbonyl (C=O) groups excluding carboxylic acids is 1. The zero-order chi connectivity index (χ0) is 18.7. The van der Waals surface area contributed by atoms with Gasteiger partial charge in [-0.05, 0) is 25.3 Å². The molecule has 0 aromatic carbocycles. The molecule has 0 amide bonds. The van der Waals surface area contributed by atoms with E-state index in [9.17, 15) is 19.8 Å². The van der Waals surface area contributed by atoms with Crippen LogP contribution in [0.1, 0.15) is 64.7 Å². The molecule has 3 N–H and O–H groups in total. The minimum absolute atomic E-state index is 0.0758. The van der Waals surface area contributed by atoms with Crippen LogP contribution in [0.4, 0.5) is 0 Å². The van der Waals surface area contributed by atoms with Crippen LogP contribution in [-0.2, 0) is 9.59 Å². The molecule has 1 rings (SSSR count). The Labute approximate surface area is 150 Å². The molecule has 0 saturated heterocycles. The molecular weight excluding hydrogens is 320 g/mol. The number of hydrogen-bond acceptors (Lipinski definition) is 4. The Bertz CT molecular complexity index is 469. The summed E-state index contributed by atoms with van der Waals surface area (Å²) < 4.78 is 0. The molecule has 5 nitrogen and oxygen atoms in total. The number of aliphatic carboxylic acids is 1. The summed E-state index contributed by atoms with van der Waals surface area (Å²) in [7, 11) is 0. The number of carboxylic acid groups (broad SMARTS) is 1. The van der Waals surface area contributed by atoms with E-state index in [1.165, 1.54) is 6.08 Å². The number of allylic oxidation sites excluding steroid dienone is 3. The van der Waals surface area contributed by atoms with E-state index < -0.39 is 24.1 Å². The van der Waals surface area contributed by atoms with Crippen LogP contribution in [0.15, 0.2) is 24.3 Å². The molecule has 25 heavy (non-hydrogen) atoms. The molecule has 0 radical (unpaired) electrons. The average Bonchev–Trinajstić information content (AvgIpc) is 2.93. The Morgan fingerprint density at radius 3 is 2.56 bits per heavy atom. The fourth-order valence-corrected chi connectivity index (χ4v) is 3.20.